The van der Waals surface area contributed by atoms with Crippen LogP contribution >= 0.6 is 11.6 Å². The Balaban J connectivity index is 2.67. The van der Waals surface area contributed by atoms with Gasteiger partial charge in [0.25, 0.3) is 0 Å². The first-order valence-corrected chi connectivity index (χ1v) is 4.25. The first-order valence-electron chi connectivity index (χ1n) is 3.71. The Morgan fingerprint density at radius 3 is 2.71 bits per heavy atom. The van der Waals surface area contributed by atoms with Crippen molar-refractivity contribution in [3.8, 4) is 5.75 Å². The molecule has 0 aliphatic rings. The molecule has 0 saturated heterocycles. The summed E-state index contributed by atoms with van der Waals surface area (Å²) in [5.41, 5.74) is 0.443. The van der Waals surface area contributed by atoms with Crippen LogP contribution in [-0.2, 0) is 5.88 Å². The number of hydrogen-bond donors (Lipinski definition) is 0. The minimum absolute atomic E-state index is 0.0705. The molecule has 1 rings (SSSR count). The van der Waals surface area contributed by atoms with E-state index in [1.54, 1.807) is 0 Å². The second kappa shape index (κ2) is 4.50. The van der Waals surface area contributed by atoms with E-state index < -0.39 is 12.8 Å². The first kappa shape index (κ1) is 11.1. The molecule has 0 spiro atoms. The summed E-state index contributed by atoms with van der Waals surface area (Å²) in [5.74, 6) is 0.188. The summed E-state index contributed by atoms with van der Waals surface area (Å²) in [6.45, 7) is -1.32. The zero-order valence-corrected chi connectivity index (χ0v) is 7.77. The van der Waals surface area contributed by atoms with Crippen molar-refractivity contribution in [2.75, 3.05) is 6.61 Å². The van der Waals surface area contributed by atoms with Gasteiger partial charge in [0.2, 0.25) is 0 Å². The number of halogens is 4. The summed E-state index contributed by atoms with van der Waals surface area (Å²) >= 11 is 5.48. The summed E-state index contributed by atoms with van der Waals surface area (Å²) < 4.78 is 40.0. The molecule has 14 heavy (non-hydrogen) atoms. The van der Waals surface area contributed by atoms with Gasteiger partial charge in [-0.1, -0.05) is 0 Å². The van der Waals surface area contributed by atoms with Gasteiger partial charge in [-0.25, -0.2) is 0 Å². The molecule has 1 heterocycles. The lowest BCUT2D eigenvalue weighted by atomic mass is 10.3. The average molecular weight is 226 g/mol. The molecule has 0 radical (unpaired) electrons. The van der Waals surface area contributed by atoms with Crippen molar-refractivity contribution in [3.63, 3.8) is 0 Å². The molecule has 0 fully saturated rings. The Morgan fingerprint density at radius 1 is 1.43 bits per heavy atom. The van der Waals surface area contributed by atoms with Gasteiger partial charge in [-0.15, -0.1) is 11.6 Å². The van der Waals surface area contributed by atoms with Crippen molar-refractivity contribution < 1.29 is 17.9 Å². The lowest BCUT2D eigenvalue weighted by Gasteiger charge is -2.10. The largest absolute Gasteiger partial charge is 0.484 e. The van der Waals surface area contributed by atoms with E-state index in [1.165, 1.54) is 18.5 Å². The van der Waals surface area contributed by atoms with Gasteiger partial charge in [0.15, 0.2) is 6.61 Å². The van der Waals surface area contributed by atoms with Crippen molar-refractivity contribution in [2.45, 2.75) is 12.1 Å². The lowest BCUT2D eigenvalue weighted by Crippen LogP contribution is -2.19. The standard InChI is InChI=1S/C8H7ClF3NO/c9-3-6-4-13-2-1-7(6)14-5-8(10,11)12/h1-2,4H,3,5H2. The molecule has 0 amide bonds. The molecular formula is C8H7ClF3NO. The van der Waals surface area contributed by atoms with Crippen LogP contribution in [0.4, 0.5) is 13.2 Å². The molecule has 0 N–H and O–H groups in total. The van der Waals surface area contributed by atoms with E-state index in [2.05, 4.69) is 9.72 Å². The van der Waals surface area contributed by atoms with Gasteiger partial charge in [-0.05, 0) is 6.07 Å². The maximum atomic E-state index is 11.8. The number of rotatable bonds is 3. The molecule has 2 nitrogen and oxygen atoms in total. The van der Waals surface area contributed by atoms with E-state index in [1.807, 2.05) is 0 Å². The van der Waals surface area contributed by atoms with Crippen LogP contribution in [0.25, 0.3) is 0 Å². The second-order valence-corrected chi connectivity index (χ2v) is 2.79. The fourth-order valence-electron chi connectivity index (χ4n) is 0.815. The van der Waals surface area contributed by atoms with Gasteiger partial charge in [0, 0.05) is 18.0 Å². The third-order valence-corrected chi connectivity index (χ3v) is 1.68. The quantitative estimate of drug-likeness (QED) is 0.738. The molecule has 0 aliphatic carbocycles. The molecule has 0 unspecified atom stereocenters. The van der Waals surface area contributed by atoms with Gasteiger partial charge in [0.1, 0.15) is 5.75 Å². The van der Waals surface area contributed by atoms with Gasteiger partial charge in [0.05, 0.1) is 5.88 Å². The van der Waals surface area contributed by atoms with Crippen molar-refractivity contribution in [1.29, 1.82) is 0 Å². The van der Waals surface area contributed by atoms with Crippen molar-refractivity contribution >= 4 is 11.6 Å². The number of ether oxygens (including phenoxy) is 1. The smallest absolute Gasteiger partial charge is 0.422 e. The number of pyridine rings is 1. The summed E-state index contributed by atoms with van der Waals surface area (Å²) in [7, 11) is 0. The van der Waals surface area contributed by atoms with Crippen LogP contribution in [0.5, 0.6) is 5.75 Å². The summed E-state index contributed by atoms with van der Waals surface area (Å²) in [4.78, 5) is 3.71. The van der Waals surface area contributed by atoms with Crippen molar-refractivity contribution in [1.82, 2.24) is 4.98 Å². The highest BCUT2D eigenvalue weighted by Crippen LogP contribution is 2.22. The molecule has 0 aromatic carbocycles. The van der Waals surface area contributed by atoms with E-state index in [0.29, 0.717) is 5.56 Å². The summed E-state index contributed by atoms with van der Waals surface area (Å²) in [6, 6.07) is 1.35. The highest BCUT2D eigenvalue weighted by molar-refractivity contribution is 6.17. The average Bonchev–Trinajstić information content (AvgIpc) is 2.14. The molecule has 0 bridgehead atoms. The van der Waals surface area contributed by atoms with Crippen LogP contribution in [0.1, 0.15) is 5.56 Å². The van der Waals surface area contributed by atoms with E-state index in [0.717, 1.165) is 0 Å². The van der Waals surface area contributed by atoms with E-state index >= 15 is 0 Å². The first-order chi connectivity index (χ1) is 6.53. The van der Waals surface area contributed by atoms with Crippen LogP contribution in [0.3, 0.4) is 0 Å². The third-order valence-electron chi connectivity index (χ3n) is 1.39. The number of nitrogens with zero attached hydrogens (tertiary/aromatic N) is 1. The van der Waals surface area contributed by atoms with E-state index in [9.17, 15) is 13.2 Å². The highest BCUT2D eigenvalue weighted by atomic mass is 35.5. The number of hydrogen-bond acceptors (Lipinski definition) is 2. The van der Waals surface area contributed by atoms with Gasteiger partial charge in [-0.2, -0.15) is 13.2 Å². The van der Waals surface area contributed by atoms with Crippen molar-refractivity contribution in [3.05, 3.63) is 24.0 Å². The predicted octanol–water partition coefficient (Wildman–Crippen LogP) is 2.76. The monoisotopic (exact) mass is 225 g/mol. The fraction of sp³-hybridized carbons (Fsp3) is 0.375. The maximum absolute atomic E-state index is 11.8. The Kier molecular flexibility index (Phi) is 3.57. The minimum atomic E-state index is -4.34. The topological polar surface area (TPSA) is 22.1 Å². The molecule has 78 valence electrons. The Hall–Kier alpha value is -0.970. The lowest BCUT2D eigenvalue weighted by molar-refractivity contribution is -0.153. The number of alkyl halides is 4. The maximum Gasteiger partial charge on any atom is 0.422 e. The highest BCUT2D eigenvalue weighted by Gasteiger charge is 2.28. The Bertz CT molecular complexity index is 303. The summed E-state index contributed by atoms with van der Waals surface area (Å²) in [6.07, 6.45) is -1.62. The van der Waals surface area contributed by atoms with Crippen LogP contribution in [0, 0.1) is 0 Å². The molecule has 1 aromatic rings. The van der Waals surface area contributed by atoms with Gasteiger partial charge < -0.3 is 4.74 Å². The second-order valence-electron chi connectivity index (χ2n) is 2.52. The van der Waals surface area contributed by atoms with Gasteiger partial charge >= 0.3 is 6.18 Å². The third kappa shape index (κ3) is 3.41. The molecule has 1 aromatic heterocycles. The van der Waals surface area contributed by atoms with E-state index in [4.69, 9.17) is 11.6 Å². The Morgan fingerprint density at radius 2 is 2.14 bits per heavy atom. The van der Waals surface area contributed by atoms with Crippen molar-refractivity contribution in [2.24, 2.45) is 0 Å². The fourth-order valence-corrected chi connectivity index (χ4v) is 1.02. The Labute approximate surface area is 83.7 Å². The zero-order valence-electron chi connectivity index (χ0n) is 7.01. The van der Waals surface area contributed by atoms with E-state index in [-0.39, 0.29) is 11.6 Å². The summed E-state index contributed by atoms with van der Waals surface area (Å²) in [5, 5.41) is 0. The molecule has 6 heteroatoms. The van der Waals surface area contributed by atoms with Crippen LogP contribution in [0.2, 0.25) is 0 Å². The molecule has 0 atom stereocenters. The minimum Gasteiger partial charge on any atom is -0.484 e. The normalized spacial score (nSPS) is 11.4. The van der Waals surface area contributed by atoms with Crippen LogP contribution in [0.15, 0.2) is 18.5 Å². The predicted molar refractivity (Wildman–Crippen MR) is 45.3 cm³/mol. The molecular weight excluding hydrogens is 219 g/mol. The van der Waals surface area contributed by atoms with Crippen LogP contribution < -0.4 is 4.74 Å². The number of aromatic nitrogens is 1. The zero-order chi connectivity index (χ0) is 10.6. The van der Waals surface area contributed by atoms with Crippen LogP contribution in [-0.4, -0.2) is 17.8 Å². The van der Waals surface area contributed by atoms with Gasteiger partial charge in [-0.3, -0.25) is 4.98 Å². The molecule has 0 saturated carbocycles. The molecule has 0 aliphatic heterocycles. The SMILES string of the molecule is FC(F)(F)COc1ccncc1CCl.